The number of hydrogen-bond acceptors (Lipinski definition) is 1. The van der Waals surface area contributed by atoms with Gasteiger partial charge in [0, 0.05) is 10.5 Å². The second-order valence-corrected chi connectivity index (χ2v) is 9.86. The van der Waals surface area contributed by atoms with E-state index in [1.807, 2.05) is 11.8 Å². The molecule has 0 atom stereocenters. The third-order valence-corrected chi connectivity index (χ3v) is 6.08. The zero-order valence-corrected chi connectivity index (χ0v) is 19.6. The van der Waals surface area contributed by atoms with Crippen LogP contribution in [0.25, 0.3) is 17.8 Å². The number of aryl methyl sites for hydroxylation is 2. The highest BCUT2D eigenvalue weighted by atomic mass is 15.5. The van der Waals surface area contributed by atoms with Crippen LogP contribution in [-0.4, -0.2) is 9.90 Å². The zero-order chi connectivity index (χ0) is 21.9. The molecule has 1 aromatic heterocycles. The molecule has 0 spiro atoms. The lowest BCUT2D eigenvalue weighted by molar-refractivity contribution is -0.687. The summed E-state index contributed by atoms with van der Waals surface area (Å²) in [7, 11) is 2.01. The van der Waals surface area contributed by atoms with Crippen LogP contribution in [0.5, 0.6) is 0 Å². The van der Waals surface area contributed by atoms with E-state index >= 15 is 0 Å². The summed E-state index contributed by atoms with van der Waals surface area (Å²) < 4.78 is 2.13. The fraction of sp³-hybridized carbons (Fsp3) is 0.407. The Kier molecular flexibility index (Phi) is 6.30. The molecule has 0 aliphatic rings. The minimum atomic E-state index is 0.0270. The molecule has 3 aromatic rings. The normalized spacial score (nSPS) is 12.6. The van der Waals surface area contributed by atoms with E-state index in [0.717, 1.165) is 17.8 Å². The average molecular weight is 403 g/mol. The molecule has 0 aliphatic carbocycles. The van der Waals surface area contributed by atoms with Gasteiger partial charge in [0.1, 0.15) is 0 Å². The summed E-state index contributed by atoms with van der Waals surface area (Å²) in [5, 5.41) is 4.85. The molecule has 0 aliphatic heterocycles. The summed E-state index contributed by atoms with van der Waals surface area (Å²) in [6.07, 6.45) is 8.77. The third kappa shape index (κ3) is 5.27. The quantitative estimate of drug-likeness (QED) is 0.337. The summed E-state index contributed by atoms with van der Waals surface area (Å²) in [4.78, 5) is 1.94. The van der Waals surface area contributed by atoms with Gasteiger partial charge < -0.3 is 0 Å². The summed E-state index contributed by atoms with van der Waals surface area (Å²) in [5.74, 6) is 0. The van der Waals surface area contributed by atoms with Crippen LogP contribution in [0.2, 0.25) is 0 Å². The fourth-order valence-corrected chi connectivity index (χ4v) is 4.00. The summed E-state index contributed by atoms with van der Waals surface area (Å²) in [6.45, 7) is 13.7. The minimum absolute atomic E-state index is 0.0270. The van der Waals surface area contributed by atoms with Crippen molar-refractivity contribution in [2.45, 2.75) is 59.8 Å². The predicted octanol–water partition coefficient (Wildman–Crippen LogP) is 6.28. The van der Waals surface area contributed by atoms with Crippen LogP contribution >= 0.6 is 0 Å². The molecule has 0 unspecified atom stereocenters. The van der Waals surface area contributed by atoms with E-state index in [0.29, 0.717) is 5.41 Å². The first-order chi connectivity index (χ1) is 14.1. The standard InChI is InChI=1S/C27H36N3/c1-8-26(3,4)20-27(5,6)25-19-30(29(7)28-25)24-17-15-23(16-18-24)14-13-22-11-9-21(2)10-12-22/h9-19H,8,20H2,1-7H3/q+1. The summed E-state index contributed by atoms with van der Waals surface area (Å²) in [5.41, 5.74) is 6.27. The number of benzene rings is 2. The molecule has 0 amide bonds. The van der Waals surface area contributed by atoms with Crippen molar-refractivity contribution in [1.82, 2.24) is 9.90 Å². The van der Waals surface area contributed by atoms with Crippen LogP contribution in [0.4, 0.5) is 0 Å². The highest BCUT2D eigenvalue weighted by molar-refractivity contribution is 5.69. The molecule has 158 valence electrons. The van der Waals surface area contributed by atoms with E-state index in [4.69, 9.17) is 5.10 Å². The number of aromatic nitrogens is 3. The van der Waals surface area contributed by atoms with Crippen molar-refractivity contribution in [2.75, 3.05) is 0 Å². The van der Waals surface area contributed by atoms with E-state index < -0.39 is 0 Å². The van der Waals surface area contributed by atoms with Crippen molar-refractivity contribution in [2.24, 2.45) is 12.5 Å². The zero-order valence-electron chi connectivity index (χ0n) is 19.6. The summed E-state index contributed by atoms with van der Waals surface area (Å²) >= 11 is 0. The lowest BCUT2D eigenvalue weighted by Gasteiger charge is -2.31. The van der Waals surface area contributed by atoms with Gasteiger partial charge in [-0.15, -0.1) is 4.68 Å². The fourth-order valence-electron chi connectivity index (χ4n) is 4.00. The molecule has 30 heavy (non-hydrogen) atoms. The van der Waals surface area contributed by atoms with Crippen molar-refractivity contribution in [3.8, 4) is 5.69 Å². The molecule has 1 heterocycles. The van der Waals surface area contributed by atoms with Crippen molar-refractivity contribution in [1.29, 1.82) is 0 Å². The molecule has 0 saturated carbocycles. The Morgan fingerprint density at radius 1 is 0.900 bits per heavy atom. The van der Waals surface area contributed by atoms with Crippen LogP contribution in [0.15, 0.2) is 54.7 Å². The van der Waals surface area contributed by atoms with Gasteiger partial charge in [0.2, 0.25) is 5.69 Å². The Morgan fingerprint density at radius 2 is 1.43 bits per heavy atom. The van der Waals surface area contributed by atoms with E-state index in [1.165, 1.54) is 23.1 Å². The van der Waals surface area contributed by atoms with Gasteiger partial charge in [-0.25, -0.2) is 0 Å². The molecule has 0 N–H and O–H groups in total. The van der Waals surface area contributed by atoms with Crippen molar-refractivity contribution < 1.29 is 4.68 Å². The third-order valence-electron chi connectivity index (χ3n) is 6.08. The van der Waals surface area contributed by atoms with Gasteiger partial charge in [-0.2, -0.15) is 0 Å². The van der Waals surface area contributed by atoms with Gasteiger partial charge in [0.05, 0.1) is 7.05 Å². The maximum Gasteiger partial charge on any atom is 0.224 e. The number of nitrogens with zero attached hydrogens (tertiary/aromatic N) is 3. The van der Waals surface area contributed by atoms with Crippen LogP contribution in [-0.2, 0) is 12.5 Å². The first-order valence-corrected chi connectivity index (χ1v) is 10.9. The van der Waals surface area contributed by atoms with Crippen molar-refractivity contribution >= 4 is 12.2 Å². The first-order valence-electron chi connectivity index (χ1n) is 10.9. The van der Waals surface area contributed by atoms with E-state index in [-0.39, 0.29) is 5.41 Å². The molecular weight excluding hydrogens is 366 g/mol. The highest BCUT2D eigenvalue weighted by Crippen LogP contribution is 2.37. The molecule has 0 saturated heterocycles. The van der Waals surface area contributed by atoms with Crippen LogP contribution < -0.4 is 4.68 Å². The molecule has 3 nitrogen and oxygen atoms in total. The number of rotatable bonds is 7. The van der Waals surface area contributed by atoms with Gasteiger partial charge in [0.15, 0.2) is 11.9 Å². The molecular formula is C27H36N3+. The topological polar surface area (TPSA) is 21.7 Å². The highest BCUT2D eigenvalue weighted by Gasteiger charge is 2.36. The molecule has 3 rings (SSSR count). The Morgan fingerprint density at radius 3 is 1.97 bits per heavy atom. The van der Waals surface area contributed by atoms with E-state index in [2.05, 4.69) is 113 Å². The Balaban J connectivity index is 1.79. The van der Waals surface area contributed by atoms with E-state index in [9.17, 15) is 0 Å². The Bertz CT molecular complexity index is 1000. The van der Waals surface area contributed by atoms with Crippen molar-refractivity contribution in [3.05, 3.63) is 77.1 Å². The average Bonchev–Trinajstić information content (AvgIpc) is 3.10. The van der Waals surface area contributed by atoms with Gasteiger partial charge in [-0.3, -0.25) is 0 Å². The summed E-state index contributed by atoms with van der Waals surface area (Å²) in [6, 6.07) is 17.2. The first kappa shape index (κ1) is 22.0. The van der Waals surface area contributed by atoms with Crippen molar-refractivity contribution in [3.63, 3.8) is 0 Å². The number of hydrogen-bond donors (Lipinski definition) is 0. The lowest BCUT2D eigenvalue weighted by atomic mass is 9.72. The smallest absolute Gasteiger partial charge is 0.125 e. The molecule has 2 aromatic carbocycles. The van der Waals surface area contributed by atoms with Gasteiger partial charge in [-0.05, 0) is 46.8 Å². The predicted molar refractivity (Wildman–Crippen MR) is 127 cm³/mol. The van der Waals surface area contributed by atoms with Gasteiger partial charge in [-0.1, -0.05) is 95.2 Å². The minimum Gasteiger partial charge on any atom is -0.125 e. The van der Waals surface area contributed by atoms with Crippen LogP contribution in [0.1, 0.15) is 69.8 Å². The van der Waals surface area contributed by atoms with Crippen LogP contribution in [0, 0.1) is 12.3 Å². The second-order valence-electron chi connectivity index (χ2n) is 9.86. The molecule has 3 heteroatoms. The van der Waals surface area contributed by atoms with Gasteiger partial charge in [0.25, 0.3) is 0 Å². The lowest BCUT2D eigenvalue weighted by Crippen LogP contribution is -2.39. The monoisotopic (exact) mass is 402 g/mol. The van der Waals surface area contributed by atoms with Crippen LogP contribution in [0.3, 0.4) is 0 Å². The maximum atomic E-state index is 4.85. The van der Waals surface area contributed by atoms with E-state index in [1.54, 1.807) is 0 Å². The SMILES string of the molecule is CCC(C)(C)CC(C)(C)c1c[n+](-c2ccc(C=Cc3ccc(C)cc3)cc2)n(C)n1. The second kappa shape index (κ2) is 8.59. The Labute approximate surface area is 182 Å². The molecule has 0 fully saturated rings. The molecule has 0 radical (unpaired) electrons. The largest absolute Gasteiger partial charge is 0.224 e. The van der Waals surface area contributed by atoms with Gasteiger partial charge >= 0.3 is 0 Å². The molecule has 0 bridgehead atoms. The Hall–Kier alpha value is -2.68. The maximum absolute atomic E-state index is 4.85.